The predicted molar refractivity (Wildman–Crippen MR) is 91.5 cm³/mol. The molecule has 1 atom stereocenters. The minimum atomic E-state index is -0.502. The van der Waals surface area contributed by atoms with E-state index in [1.165, 1.54) is 6.07 Å². The Bertz CT molecular complexity index is 592. The topological polar surface area (TPSA) is 32.8 Å². The molecule has 1 unspecified atom stereocenters. The molecule has 0 N–H and O–H groups in total. The monoisotopic (exact) mass is 354 g/mol. The minimum Gasteiger partial charge on any atom is -0.383 e. The number of methoxy groups -OCH3 is 1. The quantitative estimate of drug-likeness (QED) is 0.814. The summed E-state index contributed by atoms with van der Waals surface area (Å²) in [5.74, 6) is -0.139. The predicted octanol–water partition coefficient (Wildman–Crippen LogP) is 3.08. The maximum Gasteiger partial charge on any atom is 0.243 e. The average Bonchev–Trinajstić information content (AvgIpc) is 2.96. The van der Waals surface area contributed by atoms with E-state index in [0.29, 0.717) is 30.3 Å². The van der Waals surface area contributed by atoms with Crippen molar-refractivity contribution in [1.29, 1.82) is 0 Å². The summed E-state index contributed by atoms with van der Waals surface area (Å²) >= 11 is 6.19. The summed E-state index contributed by atoms with van der Waals surface area (Å²) in [4.78, 5) is 17.2. The van der Waals surface area contributed by atoms with Crippen LogP contribution in [0.25, 0.3) is 0 Å². The van der Waals surface area contributed by atoms with Gasteiger partial charge in [0.05, 0.1) is 6.61 Å². The fourth-order valence-corrected chi connectivity index (χ4v) is 4.27. The molecule has 1 spiro atoms. The Kier molecular flexibility index (Phi) is 5.42. The summed E-state index contributed by atoms with van der Waals surface area (Å²) in [6.07, 6.45) is 3.59. The van der Waals surface area contributed by atoms with Crippen LogP contribution in [-0.2, 0) is 16.1 Å². The smallest absolute Gasteiger partial charge is 0.243 e. The fraction of sp³-hybridized carbons (Fsp3) is 0.611. The number of rotatable bonds is 5. The average molecular weight is 355 g/mol. The highest BCUT2D eigenvalue weighted by molar-refractivity contribution is 6.31. The van der Waals surface area contributed by atoms with Gasteiger partial charge in [0.15, 0.2) is 0 Å². The molecule has 132 valence electrons. The molecule has 1 amide bonds. The normalized spacial score (nSPS) is 25.0. The summed E-state index contributed by atoms with van der Waals surface area (Å²) in [7, 11) is 1.65. The Labute approximate surface area is 147 Å². The highest BCUT2D eigenvalue weighted by Gasteiger charge is 2.50. The number of piperidine rings is 1. The number of benzene rings is 1. The molecule has 2 saturated heterocycles. The Morgan fingerprint density at radius 3 is 2.75 bits per heavy atom. The second-order valence-electron chi connectivity index (χ2n) is 6.65. The number of amides is 1. The van der Waals surface area contributed by atoms with E-state index >= 15 is 0 Å². The Morgan fingerprint density at radius 2 is 2.04 bits per heavy atom. The maximum absolute atomic E-state index is 14.2. The van der Waals surface area contributed by atoms with E-state index in [-0.39, 0.29) is 11.7 Å². The van der Waals surface area contributed by atoms with Gasteiger partial charge in [-0.15, -0.1) is 0 Å². The van der Waals surface area contributed by atoms with Gasteiger partial charge in [-0.2, -0.15) is 0 Å². The number of nitrogens with zero attached hydrogens (tertiary/aromatic N) is 2. The second kappa shape index (κ2) is 7.38. The van der Waals surface area contributed by atoms with E-state index < -0.39 is 5.54 Å². The number of carbonyl (C=O) groups is 1. The third-order valence-corrected chi connectivity index (χ3v) is 5.66. The molecular formula is C18H24ClFN2O2. The van der Waals surface area contributed by atoms with Crippen molar-refractivity contribution >= 4 is 17.5 Å². The fourth-order valence-electron chi connectivity index (χ4n) is 4.04. The van der Waals surface area contributed by atoms with Crippen LogP contribution in [0.2, 0.25) is 5.02 Å². The standard InChI is InChI=1S/C18H24ClFN2O2/c1-24-12-11-21-9-3-7-18(17(21)23)8-4-10-22(18)13-14-15(19)5-2-6-16(14)20/h2,5-6H,3-4,7-13H2,1H3. The number of carbonyl (C=O) groups excluding carboxylic acids is 1. The van der Waals surface area contributed by atoms with Crippen LogP contribution < -0.4 is 0 Å². The molecular weight excluding hydrogens is 331 g/mol. The second-order valence-corrected chi connectivity index (χ2v) is 7.05. The van der Waals surface area contributed by atoms with Crippen molar-refractivity contribution < 1.29 is 13.9 Å². The van der Waals surface area contributed by atoms with Gasteiger partial charge in [0, 0.05) is 37.3 Å². The van der Waals surface area contributed by atoms with Crippen LogP contribution in [0.5, 0.6) is 0 Å². The molecule has 0 bridgehead atoms. The van der Waals surface area contributed by atoms with E-state index in [1.54, 1.807) is 19.2 Å². The third-order valence-electron chi connectivity index (χ3n) is 5.30. The van der Waals surface area contributed by atoms with E-state index in [9.17, 15) is 9.18 Å². The highest BCUT2D eigenvalue weighted by Crippen LogP contribution is 2.40. The first-order valence-corrected chi connectivity index (χ1v) is 8.92. The molecule has 24 heavy (non-hydrogen) atoms. The number of halogens is 2. The van der Waals surface area contributed by atoms with Crippen LogP contribution in [0.3, 0.4) is 0 Å². The van der Waals surface area contributed by atoms with Crippen LogP contribution in [0.15, 0.2) is 18.2 Å². The Hall–Kier alpha value is -1.17. The molecule has 2 fully saturated rings. The van der Waals surface area contributed by atoms with Crippen molar-refractivity contribution in [2.45, 2.75) is 37.8 Å². The van der Waals surface area contributed by atoms with E-state index in [1.807, 2.05) is 4.90 Å². The van der Waals surface area contributed by atoms with E-state index in [0.717, 1.165) is 38.8 Å². The highest BCUT2D eigenvalue weighted by atomic mass is 35.5. The van der Waals surface area contributed by atoms with Gasteiger partial charge < -0.3 is 9.64 Å². The lowest BCUT2D eigenvalue weighted by Gasteiger charge is -2.44. The summed E-state index contributed by atoms with van der Waals surface area (Å²) in [5.41, 5.74) is -0.0142. The van der Waals surface area contributed by atoms with Crippen molar-refractivity contribution in [1.82, 2.24) is 9.80 Å². The van der Waals surface area contributed by atoms with Crippen molar-refractivity contribution in [3.8, 4) is 0 Å². The number of hydrogen-bond donors (Lipinski definition) is 0. The van der Waals surface area contributed by atoms with Crippen molar-refractivity contribution in [2.75, 3.05) is 33.4 Å². The molecule has 2 aliphatic heterocycles. The lowest BCUT2D eigenvalue weighted by molar-refractivity contribution is -0.148. The lowest BCUT2D eigenvalue weighted by atomic mass is 9.85. The SMILES string of the molecule is COCCN1CCCC2(CCCN2Cc2c(F)cccc2Cl)C1=O. The van der Waals surface area contributed by atoms with Crippen molar-refractivity contribution in [3.05, 3.63) is 34.6 Å². The molecule has 0 aromatic heterocycles. The summed E-state index contributed by atoms with van der Waals surface area (Å²) in [6.45, 7) is 3.12. The minimum absolute atomic E-state index is 0.163. The van der Waals surface area contributed by atoms with Crippen LogP contribution in [0.1, 0.15) is 31.2 Å². The third kappa shape index (κ3) is 3.17. The van der Waals surface area contributed by atoms with Crippen molar-refractivity contribution in [3.63, 3.8) is 0 Å². The van der Waals surface area contributed by atoms with Gasteiger partial charge in [-0.3, -0.25) is 9.69 Å². The zero-order valence-corrected chi connectivity index (χ0v) is 14.8. The molecule has 4 nitrogen and oxygen atoms in total. The summed E-state index contributed by atoms with van der Waals surface area (Å²) in [6, 6.07) is 4.74. The number of ether oxygens (including phenoxy) is 1. The summed E-state index contributed by atoms with van der Waals surface area (Å²) in [5, 5.41) is 0.427. The molecule has 0 saturated carbocycles. The van der Waals surface area contributed by atoms with Crippen LogP contribution >= 0.6 is 11.6 Å². The number of hydrogen-bond acceptors (Lipinski definition) is 3. The first-order chi connectivity index (χ1) is 11.6. The first-order valence-electron chi connectivity index (χ1n) is 8.55. The van der Waals surface area contributed by atoms with Crippen LogP contribution in [-0.4, -0.2) is 54.6 Å². The summed E-state index contributed by atoms with van der Waals surface area (Å²) < 4.78 is 19.3. The zero-order valence-electron chi connectivity index (χ0n) is 14.1. The molecule has 3 rings (SSSR count). The van der Waals surface area contributed by atoms with Crippen molar-refractivity contribution in [2.24, 2.45) is 0 Å². The van der Waals surface area contributed by atoms with E-state index in [4.69, 9.17) is 16.3 Å². The molecule has 6 heteroatoms. The van der Waals surface area contributed by atoms with E-state index in [2.05, 4.69) is 4.90 Å². The van der Waals surface area contributed by atoms with Gasteiger partial charge in [0.25, 0.3) is 0 Å². The largest absolute Gasteiger partial charge is 0.383 e. The Balaban J connectivity index is 1.82. The van der Waals surface area contributed by atoms with Crippen LogP contribution in [0.4, 0.5) is 4.39 Å². The van der Waals surface area contributed by atoms with Gasteiger partial charge in [-0.05, 0) is 44.4 Å². The molecule has 2 aliphatic rings. The lowest BCUT2D eigenvalue weighted by Crippen LogP contribution is -2.60. The molecule has 1 aromatic carbocycles. The molecule has 0 aliphatic carbocycles. The Morgan fingerprint density at radius 1 is 1.29 bits per heavy atom. The van der Waals surface area contributed by atoms with Gasteiger partial charge in [-0.25, -0.2) is 4.39 Å². The van der Waals surface area contributed by atoms with Gasteiger partial charge in [-0.1, -0.05) is 17.7 Å². The van der Waals surface area contributed by atoms with Gasteiger partial charge in [0.2, 0.25) is 5.91 Å². The molecule has 2 heterocycles. The molecule has 1 aromatic rings. The number of likely N-dealkylation sites (tertiary alicyclic amines) is 2. The van der Waals surface area contributed by atoms with Gasteiger partial charge in [0.1, 0.15) is 11.4 Å². The first kappa shape index (κ1) is 17.6. The maximum atomic E-state index is 14.2. The zero-order chi connectivity index (χ0) is 17.2. The molecule has 0 radical (unpaired) electrons. The van der Waals surface area contributed by atoms with Gasteiger partial charge >= 0.3 is 0 Å². The van der Waals surface area contributed by atoms with Crippen LogP contribution in [0, 0.1) is 5.82 Å².